The van der Waals surface area contributed by atoms with Gasteiger partial charge in [-0.2, -0.15) is 8.78 Å². The largest absolute Gasteiger partial charge is 0.435 e. The summed E-state index contributed by atoms with van der Waals surface area (Å²) in [4.78, 5) is 15.4. The number of fused-ring (bicyclic) bond motifs is 1. The Kier molecular flexibility index (Phi) is 4.01. The zero-order valence-electron chi connectivity index (χ0n) is 12.2. The number of ether oxygens (including phenoxy) is 1. The number of carbonyl (C=O) groups excluding carboxylic acids is 1. The van der Waals surface area contributed by atoms with Gasteiger partial charge in [0, 0.05) is 32.6 Å². The maximum atomic E-state index is 12.2. The molecule has 0 bridgehead atoms. The summed E-state index contributed by atoms with van der Waals surface area (Å²) in [5.41, 5.74) is 0.863. The van der Waals surface area contributed by atoms with Crippen molar-refractivity contribution in [2.24, 2.45) is 5.92 Å². The first kappa shape index (κ1) is 15.2. The van der Waals surface area contributed by atoms with Gasteiger partial charge in [-0.15, -0.1) is 0 Å². The number of amides is 1. The van der Waals surface area contributed by atoms with Gasteiger partial charge in [0.1, 0.15) is 11.9 Å². The number of aliphatic hydroxyl groups is 1. The monoisotopic (exact) mass is 312 g/mol. The van der Waals surface area contributed by atoms with Gasteiger partial charge in [0.15, 0.2) is 0 Å². The number of benzene rings is 1. The Morgan fingerprint density at radius 3 is 2.86 bits per heavy atom. The summed E-state index contributed by atoms with van der Waals surface area (Å²) in [5, 5.41) is 9.94. The lowest BCUT2D eigenvalue weighted by atomic mass is 10.0. The summed E-state index contributed by atoms with van der Waals surface area (Å²) in [6.45, 7) is -0.982. The summed E-state index contributed by atoms with van der Waals surface area (Å²) in [6.07, 6.45) is -0.937. The van der Waals surface area contributed by atoms with Gasteiger partial charge in [-0.25, -0.2) is 0 Å². The summed E-state index contributed by atoms with van der Waals surface area (Å²) >= 11 is 0. The highest BCUT2D eigenvalue weighted by atomic mass is 19.3. The Balaban J connectivity index is 1.65. The van der Waals surface area contributed by atoms with Crippen molar-refractivity contribution in [3.8, 4) is 5.75 Å². The highest BCUT2D eigenvalue weighted by molar-refractivity contribution is 5.84. The van der Waals surface area contributed by atoms with Crippen LogP contribution in [0.25, 0.3) is 0 Å². The van der Waals surface area contributed by atoms with E-state index in [1.165, 1.54) is 6.07 Å². The second-order valence-corrected chi connectivity index (χ2v) is 5.85. The zero-order chi connectivity index (χ0) is 15.9. The normalized spacial score (nSPS) is 28.5. The fraction of sp³-hybridized carbons (Fsp3) is 0.533. The van der Waals surface area contributed by atoms with Crippen molar-refractivity contribution in [3.05, 3.63) is 29.8 Å². The molecule has 0 radical (unpaired) electrons. The first-order chi connectivity index (χ1) is 10.5. The van der Waals surface area contributed by atoms with E-state index in [0.717, 1.165) is 5.56 Å². The first-order valence-corrected chi connectivity index (χ1v) is 7.16. The van der Waals surface area contributed by atoms with E-state index in [0.29, 0.717) is 19.6 Å². The van der Waals surface area contributed by atoms with Crippen LogP contribution in [0.1, 0.15) is 5.56 Å². The number of rotatable bonds is 4. The summed E-state index contributed by atoms with van der Waals surface area (Å²) in [7, 11) is 1.71. The molecule has 7 heteroatoms. The second-order valence-electron chi connectivity index (χ2n) is 5.85. The minimum absolute atomic E-state index is 0.0167. The van der Waals surface area contributed by atoms with Crippen LogP contribution in [-0.2, 0) is 11.3 Å². The second kappa shape index (κ2) is 5.81. The fourth-order valence-electron chi connectivity index (χ4n) is 3.38. The number of alkyl halides is 2. The topological polar surface area (TPSA) is 53.0 Å². The van der Waals surface area contributed by atoms with E-state index in [2.05, 4.69) is 9.64 Å². The van der Waals surface area contributed by atoms with Crippen LogP contribution in [0, 0.1) is 5.92 Å². The van der Waals surface area contributed by atoms with Gasteiger partial charge in [0.05, 0.1) is 6.04 Å². The third-order valence-corrected chi connectivity index (χ3v) is 4.44. The molecular formula is C15H18F2N2O3. The lowest BCUT2D eigenvalue weighted by molar-refractivity contribution is -0.135. The van der Waals surface area contributed by atoms with Crippen LogP contribution in [0.3, 0.4) is 0 Å². The molecule has 0 saturated carbocycles. The minimum Gasteiger partial charge on any atom is -0.435 e. The molecule has 1 amide bonds. The number of likely N-dealkylation sites (N-methyl/N-ethyl adjacent to an activating group) is 1. The lowest BCUT2D eigenvalue weighted by Gasteiger charge is -2.21. The Morgan fingerprint density at radius 1 is 1.41 bits per heavy atom. The van der Waals surface area contributed by atoms with Crippen LogP contribution in [-0.4, -0.2) is 59.7 Å². The average molecular weight is 312 g/mol. The van der Waals surface area contributed by atoms with E-state index in [1.54, 1.807) is 24.1 Å². The van der Waals surface area contributed by atoms with Gasteiger partial charge in [0.2, 0.25) is 0 Å². The van der Waals surface area contributed by atoms with Crippen molar-refractivity contribution in [2.75, 3.05) is 20.1 Å². The summed E-state index contributed by atoms with van der Waals surface area (Å²) < 4.78 is 28.9. The maximum Gasteiger partial charge on any atom is 0.387 e. The van der Waals surface area contributed by atoms with Gasteiger partial charge >= 0.3 is 6.61 Å². The quantitative estimate of drug-likeness (QED) is 0.898. The first-order valence-electron chi connectivity index (χ1n) is 7.16. The zero-order valence-corrected chi connectivity index (χ0v) is 12.2. The molecule has 0 aliphatic carbocycles. The predicted octanol–water partition coefficient (Wildman–Crippen LogP) is 0.921. The molecule has 22 heavy (non-hydrogen) atoms. The van der Waals surface area contributed by atoms with Gasteiger partial charge in [-0.1, -0.05) is 12.1 Å². The molecule has 3 rings (SSSR count). The summed E-state index contributed by atoms with van der Waals surface area (Å²) in [5.74, 6) is -0.167. The molecule has 120 valence electrons. The molecule has 1 aromatic carbocycles. The molecule has 5 nitrogen and oxygen atoms in total. The predicted molar refractivity (Wildman–Crippen MR) is 74.4 cm³/mol. The third-order valence-electron chi connectivity index (χ3n) is 4.44. The van der Waals surface area contributed by atoms with Gasteiger partial charge in [-0.05, 0) is 17.7 Å². The Labute approximate surface area is 127 Å². The highest BCUT2D eigenvalue weighted by Gasteiger charge is 2.50. The Bertz CT molecular complexity index is 549. The number of hydrogen-bond acceptors (Lipinski definition) is 4. The van der Waals surface area contributed by atoms with Crippen molar-refractivity contribution in [1.29, 1.82) is 0 Å². The smallest absolute Gasteiger partial charge is 0.387 e. The van der Waals surface area contributed by atoms with E-state index in [9.17, 15) is 18.7 Å². The molecular weight excluding hydrogens is 294 g/mol. The number of halogens is 2. The van der Waals surface area contributed by atoms with Gasteiger partial charge in [-0.3, -0.25) is 9.69 Å². The molecule has 2 heterocycles. The van der Waals surface area contributed by atoms with E-state index in [4.69, 9.17) is 0 Å². The molecule has 0 spiro atoms. The molecule has 2 fully saturated rings. The van der Waals surface area contributed by atoms with Crippen LogP contribution in [0.4, 0.5) is 8.78 Å². The molecule has 0 aromatic heterocycles. The number of aliphatic hydroxyl groups excluding tert-OH is 1. The van der Waals surface area contributed by atoms with Gasteiger partial charge < -0.3 is 14.7 Å². The van der Waals surface area contributed by atoms with Crippen molar-refractivity contribution in [2.45, 2.75) is 25.3 Å². The van der Waals surface area contributed by atoms with Crippen LogP contribution in [0.5, 0.6) is 5.75 Å². The van der Waals surface area contributed by atoms with Crippen LogP contribution in [0.15, 0.2) is 24.3 Å². The minimum atomic E-state index is -2.84. The number of carbonyl (C=O) groups is 1. The molecule has 0 unspecified atom stereocenters. The lowest BCUT2D eigenvalue weighted by Crippen LogP contribution is -2.36. The van der Waals surface area contributed by atoms with Crippen molar-refractivity contribution < 1.29 is 23.4 Å². The highest BCUT2D eigenvalue weighted by Crippen LogP contribution is 2.32. The Hall–Kier alpha value is -1.73. The molecule has 1 N–H and O–H groups in total. The van der Waals surface area contributed by atoms with E-state index < -0.39 is 12.7 Å². The molecule has 2 aliphatic heterocycles. The molecule has 1 aromatic rings. The number of nitrogens with zero attached hydrogens (tertiary/aromatic N) is 2. The van der Waals surface area contributed by atoms with Crippen LogP contribution >= 0.6 is 0 Å². The summed E-state index contributed by atoms with van der Waals surface area (Å²) in [6, 6.07) is 6.62. The van der Waals surface area contributed by atoms with Crippen LogP contribution in [0.2, 0.25) is 0 Å². The maximum absolute atomic E-state index is 12.2. The van der Waals surface area contributed by atoms with E-state index in [1.807, 2.05) is 6.07 Å². The Morgan fingerprint density at radius 2 is 2.18 bits per heavy atom. The molecule has 2 aliphatic rings. The third kappa shape index (κ3) is 2.78. The van der Waals surface area contributed by atoms with E-state index in [-0.39, 0.29) is 23.6 Å². The van der Waals surface area contributed by atoms with Crippen molar-refractivity contribution in [1.82, 2.24) is 9.80 Å². The van der Waals surface area contributed by atoms with E-state index >= 15 is 0 Å². The average Bonchev–Trinajstić information content (AvgIpc) is 2.95. The number of likely N-dealkylation sites (tertiary alicyclic amines) is 2. The molecule has 3 atom stereocenters. The van der Waals surface area contributed by atoms with Crippen molar-refractivity contribution >= 4 is 5.91 Å². The standard InChI is InChI=1S/C15H18F2N2O3/c1-18-12-8-19(7-11(12)13(20)14(18)21)6-9-3-2-4-10(5-9)22-15(16)17/h2-5,11-13,15,20H,6-8H2,1H3/t11-,12+,13-/m0/s1. The fourth-order valence-corrected chi connectivity index (χ4v) is 3.38. The molecule has 2 saturated heterocycles. The number of hydrogen-bond donors (Lipinski definition) is 1. The van der Waals surface area contributed by atoms with Crippen LogP contribution < -0.4 is 4.74 Å². The van der Waals surface area contributed by atoms with Gasteiger partial charge in [0.25, 0.3) is 5.91 Å². The van der Waals surface area contributed by atoms with Crippen molar-refractivity contribution in [3.63, 3.8) is 0 Å². The SMILES string of the molecule is CN1C(=O)[C@@H](O)[C@H]2CN(Cc3cccc(OC(F)F)c3)C[C@H]21.